The molecule has 2 N–H and O–H groups in total. The van der Waals surface area contributed by atoms with Crippen LogP contribution >= 0.6 is 0 Å². The first kappa shape index (κ1) is 10.2. The number of rotatable bonds is 1. The maximum atomic E-state index is 9.94. The molecule has 0 spiro atoms. The molecule has 8 heavy (non-hydrogen) atoms. The van der Waals surface area contributed by atoms with Crippen LogP contribution in [0.15, 0.2) is 0 Å². The van der Waals surface area contributed by atoms with Gasteiger partial charge in [-0.2, -0.15) is 0 Å². The van der Waals surface area contributed by atoms with E-state index >= 15 is 0 Å². The molecule has 0 aromatic heterocycles. The molecule has 0 aliphatic heterocycles. The van der Waals surface area contributed by atoms with E-state index in [2.05, 4.69) is 4.74 Å². The number of ketones is 1. The smallest absolute Gasteiger partial charge is 0.374 e. The van der Waals surface area contributed by atoms with Crippen LogP contribution in [0.2, 0.25) is 0 Å². The second-order valence-corrected chi connectivity index (χ2v) is 1.05. The minimum Gasteiger partial charge on any atom is -0.463 e. The number of hydrogen-bond donors (Lipinski definition) is 0. The number of Topliss-reactive ketones (excluding diaryl/α,β-unsaturated/α-hetero) is 1. The summed E-state index contributed by atoms with van der Waals surface area (Å²) in [7, 11) is 1.17. The summed E-state index contributed by atoms with van der Waals surface area (Å²) in [6, 6.07) is 0. The molecule has 0 radical (unpaired) electrons. The summed E-state index contributed by atoms with van der Waals surface area (Å²) in [6.07, 6.45) is 0. The second-order valence-electron chi connectivity index (χ2n) is 1.05. The van der Waals surface area contributed by atoms with E-state index in [1.165, 1.54) is 7.11 Å². The maximum absolute atomic E-state index is 9.94. The molecule has 0 rings (SSSR count). The summed E-state index contributed by atoms with van der Waals surface area (Å²) in [5, 5.41) is 0. The Morgan fingerprint density at radius 3 is 1.75 bits per heavy atom. The van der Waals surface area contributed by atoms with Gasteiger partial charge in [0.25, 0.3) is 0 Å². The standard InChI is InChI=1S/C4H6O3.H2O/c1-3(5)4(6)7-2;/h1-2H3;1H2. The molecule has 0 aliphatic rings. The first-order valence-corrected chi connectivity index (χ1v) is 1.77. The normalized spacial score (nSPS) is 6.75. The van der Waals surface area contributed by atoms with E-state index in [1.807, 2.05) is 0 Å². The van der Waals surface area contributed by atoms with Crippen molar-refractivity contribution in [3.8, 4) is 0 Å². The summed E-state index contributed by atoms with van der Waals surface area (Å²) in [5.74, 6) is -1.36. The molecule has 0 heterocycles. The van der Waals surface area contributed by atoms with E-state index in [9.17, 15) is 9.59 Å². The maximum Gasteiger partial charge on any atom is 0.374 e. The van der Waals surface area contributed by atoms with Crippen LogP contribution in [0.4, 0.5) is 0 Å². The lowest BCUT2D eigenvalue weighted by Crippen LogP contribution is -2.10. The Morgan fingerprint density at radius 2 is 1.75 bits per heavy atom. The van der Waals surface area contributed by atoms with Gasteiger partial charge in [-0.25, -0.2) is 4.79 Å². The number of methoxy groups -OCH3 is 1. The third-order valence-corrected chi connectivity index (χ3v) is 0.473. The Kier molecular flexibility index (Phi) is 5.41. The van der Waals surface area contributed by atoms with Gasteiger partial charge < -0.3 is 10.2 Å². The lowest BCUT2D eigenvalue weighted by atomic mass is 10.5. The van der Waals surface area contributed by atoms with Crippen molar-refractivity contribution in [1.82, 2.24) is 0 Å². The molecule has 0 aromatic carbocycles. The quantitative estimate of drug-likeness (QED) is 0.326. The van der Waals surface area contributed by atoms with Gasteiger partial charge in [-0.15, -0.1) is 0 Å². The SMILES string of the molecule is COC(=O)C(C)=O.O. The van der Waals surface area contributed by atoms with Gasteiger partial charge in [0.1, 0.15) is 0 Å². The van der Waals surface area contributed by atoms with Gasteiger partial charge in [-0.3, -0.25) is 4.79 Å². The largest absolute Gasteiger partial charge is 0.463 e. The van der Waals surface area contributed by atoms with Crippen molar-refractivity contribution in [3.05, 3.63) is 0 Å². The van der Waals surface area contributed by atoms with Crippen LogP contribution in [0.1, 0.15) is 6.92 Å². The van der Waals surface area contributed by atoms with Gasteiger partial charge in [-0.1, -0.05) is 0 Å². The molecule has 0 saturated carbocycles. The van der Waals surface area contributed by atoms with Crippen molar-refractivity contribution in [3.63, 3.8) is 0 Å². The highest BCUT2D eigenvalue weighted by molar-refractivity contribution is 6.32. The highest BCUT2D eigenvalue weighted by Crippen LogP contribution is 1.71. The van der Waals surface area contributed by atoms with E-state index in [4.69, 9.17) is 0 Å². The molecule has 0 aliphatic carbocycles. The van der Waals surface area contributed by atoms with Crippen LogP contribution < -0.4 is 0 Å². The van der Waals surface area contributed by atoms with Crippen LogP contribution in [0.3, 0.4) is 0 Å². The average Bonchev–Trinajstić information content (AvgIpc) is 1.65. The van der Waals surface area contributed by atoms with Crippen molar-refractivity contribution in [2.24, 2.45) is 0 Å². The number of carbonyl (C=O) groups is 2. The highest BCUT2D eigenvalue weighted by atomic mass is 16.5. The molecule has 0 aromatic rings. The minimum atomic E-state index is -0.792. The predicted octanol–water partition coefficient (Wildman–Crippen LogP) is -1.08. The highest BCUT2D eigenvalue weighted by Gasteiger charge is 2.03. The van der Waals surface area contributed by atoms with Crippen molar-refractivity contribution < 1.29 is 19.8 Å². The van der Waals surface area contributed by atoms with Crippen LogP contribution in [-0.4, -0.2) is 24.3 Å². The molecular weight excluding hydrogens is 112 g/mol. The van der Waals surface area contributed by atoms with E-state index in [0.717, 1.165) is 6.92 Å². The number of ether oxygens (including phenoxy) is 1. The lowest BCUT2D eigenvalue weighted by Gasteiger charge is -1.86. The van der Waals surface area contributed by atoms with E-state index < -0.39 is 11.8 Å². The zero-order valence-electron chi connectivity index (χ0n) is 4.72. The Hall–Kier alpha value is -0.900. The number of carbonyl (C=O) groups excluding carboxylic acids is 2. The van der Waals surface area contributed by atoms with Gasteiger partial charge in [0.15, 0.2) is 0 Å². The topological polar surface area (TPSA) is 74.9 Å². The van der Waals surface area contributed by atoms with Gasteiger partial charge >= 0.3 is 5.97 Å². The molecule has 0 bridgehead atoms. The van der Waals surface area contributed by atoms with Crippen LogP contribution in [-0.2, 0) is 14.3 Å². The molecule has 4 nitrogen and oxygen atoms in total. The fraction of sp³-hybridized carbons (Fsp3) is 0.500. The van der Waals surface area contributed by atoms with Gasteiger partial charge in [0, 0.05) is 6.92 Å². The lowest BCUT2D eigenvalue weighted by molar-refractivity contribution is -0.150. The zero-order valence-corrected chi connectivity index (χ0v) is 4.72. The first-order chi connectivity index (χ1) is 3.18. The third-order valence-electron chi connectivity index (χ3n) is 0.473. The summed E-state index contributed by atoms with van der Waals surface area (Å²) < 4.78 is 4.02. The molecule has 0 fully saturated rings. The Labute approximate surface area is 46.8 Å². The average molecular weight is 120 g/mol. The van der Waals surface area contributed by atoms with Crippen LogP contribution in [0, 0.1) is 0 Å². The Bertz CT molecular complexity index is 96.2. The first-order valence-electron chi connectivity index (χ1n) is 1.77. The zero-order chi connectivity index (χ0) is 5.86. The fourth-order valence-electron chi connectivity index (χ4n) is 0.144. The molecule has 0 saturated heterocycles. The fourth-order valence-corrected chi connectivity index (χ4v) is 0.144. The summed E-state index contributed by atoms with van der Waals surface area (Å²) in [6.45, 7) is 1.16. The Morgan fingerprint density at radius 1 is 1.38 bits per heavy atom. The number of esters is 1. The van der Waals surface area contributed by atoms with Crippen molar-refractivity contribution in [1.29, 1.82) is 0 Å². The van der Waals surface area contributed by atoms with Gasteiger partial charge in [-0.05, 0) is 0 Å². The van der Waals surface area contributed by atoms with Crippen LogP contribution in [0.25, 0.3) is 0 Å². The van der Waals surface area contributed by atoms with Gasteiger partial charge in [0.05, 0.1) is 7.11 Å². The number of hydrogen-bond acceptors (Lipinski definition) is 3. The van der Waals surface area contributed by atoms with Crippen LogP contribution in [0.5, 0.6) is 0 Å². The molecule has 0 amide bonds. The monoisotopic (exact) mass is 120 g/mol. The molecular formula is C4H8O4. The molecule has 48 valence electrons. The van der Waals surface area contributed by atoms with E-state index in [1.54, 1.807) is 0 Å². The summed E-state index contributed by atoms with van der Waals surface area (Å²) in [4.78, 5) is 19.8. The van der Waals surface area contributed by atoms with Crippen molar-refractivity contribution in [2.75, 3.05) is 7.11 Å². The molecule has 4 heteroatoms. The van der Waals surface area contributed by atoms with Crippen molar-refractivity contribution >= 4 is 11.8 Å². The minimum absolute atomic E-state index is 0. The molecule has 0 unspecified atom stereocenters. The van der Waals surface area contributed by atoms with E-state index in [0.29, 0.717) is 0 Å². The summed E-state index contributed by atoms with van der Waals surface area (Å²) in [5.41, 5.74) is 0. The van der Waals surface area contributed by atoms with Gasteiger partial charge in [0.2, 0.25) is 5.78 Å². The Balaban J connectivity index is 0. The second kappa shape index (κ2) is 4.26. The predicted molar refractivity (Wildman–Crippen MR) is 26.3 cm³/mol. The third kappa shape index (κ3) is 3.30. The summed E-state index contributed by atoms with van der Waals surface area (Å²) >= 11 is 0. The van der Waals surface area contributed by atoms with Crippen molar-refractivity contribution in [2.45, 2.75) is 6.92 Å². The molecule has 0 atom stereocenters. The van der Waals surface area contributed by atoms with E-state index in [-0.39, 0.29) is 5.48 Å².